The van der Waals surface area contributed by atoms with E-state index in [1.165, 1.54) is 0 Å². The molecule has 8 nitrogen and oxygen atoms in total. The minimum atomic E-state index is -1.97. The van der Waals surface area contributed by atoms with Crippen molar-refractivity contribution in [1.29, 1.82) is 0 Å². The topological polar surface area (TPSA) is 80.5 Å². The number of rotatable bonds is 6. The van der Waals surface area contributed by atoms with E-state index in [2.05, 4.69) is 59.8 Å². The molecule has 1 aromatic carbocycles. The molecule has 0 aliphatic carbocycles. The quantitative estimate of drug-likeness (QED) is 0.251. The monoisotopic (exact) mass is 586 g/mol. The van der Waals surface area contributed by atoms with Crippen molar-refractivity contribution < 1.29 is 18.6 Å². The first kappa shape index (κ1) is 26.6. The zero-order valence-electron chi connectivity index (χ0n) is 22.4. The van der Waals surface area contributed by atoms with Gasteiger partial charge >= 0.3 is 0 Å². The lowest BCUT2D eigenvalue weighted by atomic mass is 10.1. The van der Waals surface area contributed by atoms with E-state index in [0.29, 0.717) is 22.5 Å². The summed E-state index contributed by atoms with van der Waals surface area (Å²) in [5.41, 5.74) is 3.15. The maximum absolute atomic E-state index is 6.59. The summed E-state index contributed by atoms with van der Waals surface area (Å²) in [5, 5.41) is 0.0981. The van der Waals surface area contributed by atoms with Gasteiger partial charge in [0, 0.05) is 0 Å². The van der Waals surface area contributed by atoms with E-state index in [-0.39, 0.29) is 23.4 Å². The third-order valence-corrected chi connectivity index (χ3v) is 12.6. The lowest BCUT2D eigenvalue weighted by Crippen LogP contribution is -2.44. The van der Waals surface area contributed by atoms with Gasteiger partial charge in [0.15, 0.2) is 30.7 Å². The van der Waals surface area contributed by atoms with Gasteiger partial charge in [0.1, 0.15) is 30.2 Å². The maximum Gasteiger partial charge on any atom is 0.192 e. The average molecular weight is 588 g/mol. The molecule has 0 spiro atoms. The van der Waals surface area contributed by atoms with Gasteiger partial charge in [0.25, 0.3) is 0 Å². The average Bonchev–Trinajstić information content (AvgIpc) is 3.43. The first-order valence-electron chi connectivity index (χ1n) is 12.6. The molecule has 198 valence electrons. The summed E-state index contributed by atoms with van der Waals surface area (Å²) in [6.45, 7) is 15.5. The molecule has 4 heterocycles. The van der Waals surface area contributed by atoms with Crippen LogP contribution >= 0.6 is 15.9 Å². The molecule has 5 rings (SSSR count). The molecule has 10 heteroatoms. The highest BCUT2D eigenvalue weighted by Crippen LogP contribution is 2.46. The number of benzene rings is 1. The second-order valence-corrected chi connectivity index (χ2v) is 17.1. The van der Waals surface area contributed by atoms with Crippen LogP contribution < -0.4 is 0 Å². The maximum atomic E-state index is 6.59. The Morgan fingerprint density at radius 3 is 2.49 bits per heavy atom. The van der Waals surface area contributed by atoms with Crippen LogP contribution in [-0.4, -0.2) is 58.5 Å². The predicted octanol–water partition coefficient (Wildman–Crippen LogP) is 6.20. The molecule has 2 fully saturated rings. The van der Waals surface area contributed by atoms with Gasteiger partial charge in [-0.1, -0.05) is 57.2 Å². The minimum absolute atomic E-state index is 0.0981. The highest BCUT2D eigenvalue weighted by atomic mass is 79.9. The smallest absolute Gasteiger partial charge is 0.192 e. The number of aromatic nitrogens is 4. The fourth-order valence-corrected chi connectivity index (χ4v) is 6.06. The zero-order valence-corrected chi connectivity index (χ0v) is 25.0. The van der Waals surface area contributed by atoms with Gasteiger partial charge in [0.2, 0.25) is 0 Å². The molecule has 3 aromatic rings. The summed E-state index contributed by atoms with van der Waals surface area (Å²) in [6, 6.07) is 10.1. The summed E-state index contributed by atoms with van der Waals surface area (Å²) in [5.74, 6) is -0.728. The van der Waals surface area contributed by atoms with Crippen LogP contribution in [0.1, 0.15) is 52.1 Å². The van der Waals surface area contributed by atoms with E-state index in [1.54, 1.807) is 6.33 Å². The molecule has 0 saturated carbocycles. The Balaban J connectivity index is 1.47. The van der Waals surface area contributed by atoms with Crippen LogP contribution in [0.15, 0.2) is 41.4 Å². The Morgan fingerprint density at radius 1 is 1.08 bits per heavy atom. The molecular weight excluding hydrogens is 552 g/mol. The molecule has 0 amide bonds. The van der Waals surface area contributed by atoms with Crippen LogP contribution in [0.2, 0.25) is 18.1 Å². The largest absolute Gasteiger partial charge is 0.414 e. The number of hydrogen-bond donors (Lipinski definition) is 0. The molecule has 2 aliphatic heterocycles. The molecule has 0 bridgehead atoms. The third kappa shape index (κ3) is 5.19. The number of nitrogens with zero attached hydrogens (tertiary/aromatic N) is 4. The van der Waals surface area contributed by atoms with E-state index < -0.39 is 20.3 Å². The molecular formula is C27H35BrN4O4Si. The molecule has 4 atom stereocenters. The molecule has 37 heavy (non-hydrogen) atoms. The van der Waals surface area contributed by atoms with Crippen molar-refractivity contribution in [3.05, 3.63) is 52.7 Å². The molecule has 0 N–H and O–H groups in total. The zero-order chi connectivity index (χ0) is 26.6. The van der Waals surface area contributed by atoms with Gasteiger partial charge < -0.3 is 18.6 Å². The molecule has 0 radical (unpaired) electrons. The van der Waals surface area contributed by atoms with Gasteiger partial charge in [-0.2, -0.15) is 0 Å². The van der Waals surface area contributed by atoms with E-state index in [4.69, 9.17) is 23.6 Å². The fourth-order valence-electron chi connectivity index (χ4n) is 4.49. The van der Waals surface area contributed by atoms with Gasteiger partial charge in [-0.15, -0.1) is 0 Å². The summed E-state index contributed by atoms with van der Waals surface area (Å²) in [7, 11) is -1.97. The van der Waals surface area contributed by atoms with Gasteiger partial charge in [0.05, 0.1) is 12.3 Å². The summed E-state index contributed by atoms with van der Waals surface area (Å²) in [4.78, 5) is 13.8. The molecule has 2 aliphatic rings. The Labute approximate surface area is 227 Å². The Morgan fingerprint density at radius 2 is 1.78 bits per heavy atom. The number of hydrogen-bond acceptors (Lipinski definition) is 7. The van der Waals surface area contributed by atoms with Crippen LogP contribution in [0, 0.1) is 0 Å². The Kier molecular flexibility index (Phi) is 6.96. The van der Waals surface area contributed by atoms with Crippen LogP contribution in [-0.2, 0) is 18.6 Å². The lowest BCUT2D eigenvalue weighted by molar-refractivity contribution is -0.199. The Hall–Kier alpha value is -1.95. The van der Waals surface area contributed by atoms with E-state index in [1.807, 2.05) is 60.9 Å². The van der Waals surface area contributed by atoms with Crippen molar-refractivity contribution >= 4 is 47.6 Å². The first-order valence-corrected chi connectivity index (χ1v) is 16.3. The van der Waals surface area contributed by atoms with Gasteiger partial charge in [-0.05, 0) is 59.5 Å². The fraction of sp³-hybridized carbons (Fsp3) is 0.519. The summed E-state index contributed by atoms with van der Waals surface area (Å²) < 4.78 is 28.3. The molecule has 2 aromatic heterocycles. The van der Waals surface area contributed by atoms with Crippen LogP contribution in [0.25, 0.3) is 23.3 Å². The van der Waals surface area contributed by atoms with Crippen molar-refractivity contribution in [2.45, 2.75) is 83.1 Å². The third-order valence-electron chi connectivity index (χ3n) is 7.49. The van der Waals surface area contributed by atoms with Crippen LogP contribution in [0.3, 0.4) is 0 Å². The lowest BCUT2D eigenvalue weighted by Gasteiger charge is -2.37. The minimum Gasteiger partial charge on any atom is -0.414 e. The number of imidazole rings is 1. The van der Waals surface area contributed by atoms with Crippen molar-refractivity contribution in [2.75, 3.05) is 6.61 Å². The summed E-state index contributed by atoms with van der Waals surface area (Å²) in [6.07, 6.45) is 4.15. The van der Waals surface area contributed by atoms with E-state index >= 15 is 0 Å². The van der Waals surface area contributed by atoms with Crippen LogP contribution in [0.5, 0.6) is 0 Å². The number of fused-ring (bicyclic) bond motifs is 2. The number of ether oxygens (including phenoxy) is 3. The Bertz CT molecular complexity index is 1300. The van der Waals surface area contributed by atoms with Crippen molar-refractivity contribution in [3.63, 3.8) is 0 Å². The second-order valence-electron chi connectivity index (χ2n) is 11.6. The van der Waals surface area contributed by atoms with E-state index in [9.17, 15) is 0 Å². The highest BCUT2D eigenvalue weighted by molar-refractivity contribution is 9.10. The van der Waals surface area contributed by atoms with Crippen molar-refractivity contribution in [3.8, 4) is 0 Å². The van der Waals surface area contributed by atoms with Gasteiger partial charge in [-0.25, -0.2) is 15.0 Å². The van der Waals surface area contributed by atoms with Crippen molar-refractivity contribution in [2.24, 2.45) is 0 Å². The van der Waals surface area contributed by atoms with E-state index in [0.717, 1.165) is 11.3 Å². The molecule has 2 saturated heterocycles. The normalized spacial score (nSPS) is 25.8. The molecule has 0 unspecified atom stereocenters. The van der Waals surface area contributed by atoms with Crippen molar-refractivity contribution in [1.82, 2.24) is 19.5 Å². The number of halogens is 1. The standard InChI is InChI=1S/C27H35BrN4O4Si/c1-26(2,3)37(6,7)33-15-19-21-22(36-27(4,5)35-21)24(34-19)32-23-20(31-25(32)28)18(29-16-30-23)14-13-17-11-9-8-10-12-17/h8-14,16,19,21-22,24H,15H2,1-7H3/t19-,21-,22-,24-/m1/s1. The summed E-state index contributed by atoms with van der Waals surface area (Å²) >= 11 is 3.65. The highest BCUT2D eigenvalue weighted by Gasteiger charge is 2.57. The van der Waals surface area contributed by atoms with Gasteiger partial charge in [-0.3, -0.25) is 4.57 Å². The SMILES string of the molecule is CC1(C)O[C@@H]2[C@H](O1)[C@@H](CO[Si](C)(C)C(C)(C)C)O[C@H]2n1c(Br)nc2c(C=Cc3ccccc3)ncnc21. The first-order chi connectivity index (χ1) is 17.4. The second kappa shape index (κ2) is 9.66. The van der Waals surface area contributed by atoms with Crippen LogP contribution in [0.4, 0.5) is 0 Å². The predicted molar refractivity (Wildman–Crippen MR) is 149 cm³/mol.